The van der Waals surface area contributed by atoms with Crippen LogP contribution in [0.3, 0.4) is 0 Å². The molecule has 0 aliphatic carbocycles. The summed E-state index contributed by atoms with van der Waals surface area (Å²) in [5.74, 6) is 1.50. The fraction of sp³-hybridized carbons (Fsp3) is 0.385. The van der Waals surface area contributed by atoms with Crippen LogP contribution in [0.15, 0.2) is 18.2 Å². The topological polar surface area (TPSA) is 70.2 Å². The largest absolute Gasteiger partial charge is 0.326 e. The predicted molar refractivity (Wildman–Crippen MR) is 78.4 cm³/mol. The highest BCUT2D eigenvalue weighted by atomic mass is 32.2. The molecule has 1 atom stereocenters. The summed E-state index contributed by atoms with van der Waals surface area (Å²) < 4.78 is 0. The van der Waals surface area contributed by atoms with Gasteiger partial charge in [0.15, 0.2) is 0 Å². The van der Waals surface area contributed by atoms with Gasteiger partial charge in [0.1, 0.15) is 0 Å². The van der Waals surface area contributed by atoms with Crippen molar-refractivity contribution in [3.8, 4) is 0 Å². The Bertz CT molecular complexity index is 499. The molecule has 1 aromatic carbocycles. The zero-order chi connectivity index (χ0) is 13.8. The molecule has 0 radical (unpaired) electrons. The van der Waals surface area contributed by atoms with Gasteiger partial charge in [-0.1, -0.05) is 0 Å². The number of nitrogens with one attached hydrogen (secondary N) is 3. The highest BCUT2D eigenvalue weighted by Crippen LogP contribution is 2.20. The standard InChI is InChI=1S/C13H17N3O2S/c1-8-5-10(3-4-11(8)15-9(2)17)16-13(18)12-6-19-7-14-12/h3-5,12,14H,6-7H2,1-2H3,(H,15,17)(H,16,18). The molecule has 1 fully saturated rings. The zero-order valence-electron chi connectivity index (χ0n) is 10.9. The number of hydrogen-bond acceptors (Lipinski definition) is 4. The maximum atomic E-state index is 11.9. The van der Waals surface area contributed by atoms with Crippen molar-refractivity contribution in [1.82, 2.24) is 5.32 Å². The molecule has 6 heteroatoms. The first-order valence-corrected chi connectivity index (χ1v) is 7.22. The third kappa shape index (κ3) is 3.71. The van der Waals surface area contributed by atoms with E-state index < -0.39 is 0 Å². The Hall–Kier alpha value is -1.53. The number of carbonyl (C=O) groups excluding carboxylic acids is 2. The molecule has 1 aromatic rings. The number of benzene rings is 1. The molecule has 2 amide bonds. The summed E-state index contributed by atoms with van der Waals surface area (Å²) >= 11 is 1.71. The van der Waals surface area contributed by atoms with E-state index in [0.717, 1.165) is 28.6 Å². The molecule has 0 saturated carbocycles. The molecule has 102 valence electrons. The van der Waals surface area contributed by atoms with Crippen LogP contribution in [0.1, 0.15) is 12.5 Å². The van der Waals surface area contributed by atoms with Gasteiger partial charge in [-0.3, -0.25) is 14.9 Å². The molecule has 3 N–H and O–H groups in total. The first-order chi connectivity index (χ1) is 9.06. The molecule has 0 spiro atoms. The van der Waals surface area contributed by atoms with Crippen LogP contribution in [0.4, 0.5) is 11.4 Å². The Balaban J connectivity index is 2.03. The van der Waals surface area contributed by atoms with Crippen LogP contribution in [0.25, 0.3) is 0 Å². The normalized spacial score (nSPS) is 18.1. The zero-order valence-corrected chi connectivity index (χ0v) is 11.8. The quantitative estimate of drug-likeness (QED) is 0.785. The fourth-order valence-electron chi connectivity index (χ4n) is 1.86. The lowest BCUT2D eigenvalue weighted by Crippen LogP contribution is -2.37. The van der Waals surface area contributed by atoms with Crippen LogP contribution in [-0.2, 0) is 9.59 Å². The van der Waals surface area contributed by atoms with Crippen molar-refractivity contribution in [2.45, 2.75) is 19.9 Å². The monoisotopic (exact) mass is 279 g/mol. The number of thioether (sulfide) groups is 1. The van der Waals surface area contributed by atoms with Gasteiger partial charge in [0.05, 0.1) is 6.04 Å². The molecule has 1 heterocycles. The number of amides is 2. The second-order valence-corrected chi connectivity index (χ2v) is 5.50. The van der Waals surface area contributed by atoms with E-state index in [1.54, 1.807) is 23.9 Å². The van der Waals surface area contributed by atoms with Gasteiger partial charge < -0.3 is 10.6 Å². The van der Waals surface area contributed by atoms with E-state index >= 15 is 0 Å². The van der Waals surface area contributed by atoms with Gasteiger partial charge in [-0.15, -0.1) is 11.8 Å². The minimum Gasteiger partial charge on any atom is -0.326 e. The van der Waals surface area contributed by atoms with Crippen LogP contribution < -0.4 is 16.0 Å². The Kier molecular flexibility index (Phi) is 4.44. The van der Waals surface area contributed by atoms with Crippen molar-refractivity contribution in [3.05, 3.63) is 23.8 Å². The van der Waals surface area contributed by atoms with Crippen molar-refractivity contribution in [2.75, 3.05) is 22.3 Å². The van der Waals surface area contributed by atoms with Crippen LogP contribution in [0.5, 0.6) is 0 Å². The summed E-state index contributed by atoms with van der Waals surface area (Å²) in [6.45, 7) is 3.36. The third-order valence-electron chi connectivity index (χ3n) is 2.84. The van der Waals surface area contributed by atoms with E-state index in [2.05, 4.69) is 16.0 Å². The third-order valence-corrected chi connectivity index (χ3v) is 3.78. The van der Waals surface area contributed by atoms with Gasteiger partial charge in [0, 0.05) is 29.9 Å². The average molecular weight is 279 g/mol. The maximum Gasteiger partial charge on any atom is 0.242 e. The van der Waals surface area contributed by atoms with Gasteiger partial charge in [0.2, 0.25) is 11.8 Å². The Morgan fingerprint density at radius 3 is 2.74 bits per heavy atom. The molecule has 0 bridgehead atoms. The molecule has 2 rings (SSSR count). The van der Waals surface area contributed by atoms with E-state index in [0.29, 0.717) is 0 Å². The van der Waals surface area contributed by atoms with Crippen molar-refractivity contribution in [2.24, 2.45) is 0 Å². The lowest BCUT2D eigenvalue weighted by atomic mass is 10.1. The SMILES string of the molecule is CC(=O)Nc1ccc(NC(=O)C2CSCN2)cc1C. The van der Waals surface area contributed by atoms with Gasteiger partial charge >= 0.3 is 0 Å². The summed E-state index contributed by atoms with van der Waals surface area (Å²) in [6, 6.07) is 5.31. The molecular weight excluding hydrogens is 262 g/mol. The molecule has 19 heavy (non-hydrogen) atoms. The molecule has 1 aliphatic rings. The summed E-state index contributed by atoms with van der Waals surface area (Å²) in [6.07, 6.45) is 0. The van der Waals surface area contributed by atoms with Crippen molar-refractivity contribution < 1.29 is 9.59 Å². The van der Waals surface area contributed by atoms with E-state index in [9.17, 15) is 9.59 Å². The predicted octanol–water partition coefficient (Wildman–Crippen LogP) is 1.55. The van der Waals surface area contributed by atoms with E-state index in [4.69, 9.17) is 0 Å². The molecule has 1 aliphatic heterocycles. The van der Waals surface area contributed by atoms with Crippen LogP contribution in [-0.4, -0.2) is 29.5 Å². The number of hydrogen-bond donors (Lipinski definition) is 3. The lowest BCUT2D eigenvalue weighted by molar-refractivity contribution is -0.117. The highest BCUT2D eigenvalue weighted by molar-refractivity contribution is 7.99. The fourth-order valence-corrected chi connectivity index (χ4v) is 2.81. The van der Waals surface area contributed by atoms with Gasteiger partial charge in [-0.05, 0) is 30.7 Å². The minimum atomic E-state index is -0.125. The highest BCUT2D eigenvalue weighted by Gasteiger charge is 2.22. The molecule has 1 unspecified atom stereocenters. The first kappa shape index (κ1) is 13.9. The van der Waals surface area contributed by atoms with Crippen molar-refractivity contribution in [3.63, 3.8) is 0 Å². The number of aryl methyl sites for hydroxylation is 1. The Labute approximate surface area is 116 Å². The number of rotatable bonds is 3. The number of carbonyl (C=O) groups is 2. The summed E-state index contributed by atoms with van der Waals surface area (Å²) in [5, 5.41) is 8.74. The minimum absolute atomic E-state index is 0.0170. The smallest absolute Gasteiger partial charge is 0.242 e. The molecule has 0 aromatic heterocycles. The van der Waals surface area contributed by atoms with E-state index in [1.807, 2.05) is 13.0 Å². The van der Waals surface area contributed by atoms with E-state index in [1.165, 1.54) is 6.92 Å². The van der Waals surface area contributed by atoms with Crippen molar-refractivity contribution in [1.29, 1.82) is 0 Å². The second kappa shape index (κ2) is 6.08. The van der Waals surface area contributed by atoms with Crippen LogP contribution >= 0.6 is 11.8 Å². The van der Waals surface area contributed by atoms with Crippen LogP contribution in [0, 0.1) is 6.92 Å². The Morgan fingerprint density at radius 1 is 1.37 bits per heavy atom. The summed E-state index contributed by atoms with van der Waals surface area (Å²) in [4.78, 5) is 22.9. The number of anilines is 2. The summed E-state index contributed by atoms with van der Waals surface area (Å²) in [5.41, 5.74) is 2.43. The van der Waals surface area contributed by atoms with Gasteiger partial charge in [-0.2, -0.15) is 0 Å². The van der Waals surface area contributed by atoms with Gasteiger partial charge in [-0.25, -0.2) is 0 Å². The van der Waals surface area contributed by atoms with E-state index in [-0.39, 0.29) is 17.9 Å². The average Bonchev–Trinajstić information content (AvgIpc) is 2.86. The maximum absolute atomic E-state index is 11.9. The second-order valence-electron chi connectivity index (χ2n) is 4.47. The van der Waals surface area contributed by atoms with Gasteiger partial charge in [0.25, 0.3) is 0 Å². The molecular formula is C13H17N3O2S. The van der Waals surface area contributed by atoms with Crippen molar-refractivity contribution >= 4 is 35.0 Å². The summed E-state index contributed by atoms with van der Waals surface area (Å²) in [7, 11) is 0. The lowest BCUT2D eigenvalue weighted by Gasteiger charge is -2.12. The first-order valence-electron chi connectivity index (χ1n) is 6.06. The molecule has 5 nitrogen and oxygen atoms in total. The Morgan fingerprint density at radius 2 is 2.16 bits per heavy atom. The van der Waals surface area contributed by atoms with Crippen LogP contribution in [0.2, 0.25) is 0 Å². The molecule has 1 saturated heterocycles.